The molecule has 0 saturated carbocycles. The number of nitrogens with zero attached hydrogens (tertiary/aromatic N) is 2. The van der Waals surface area contributed by atoms with Gasteiger partial charge in [0.05, 0.1) is 25.3 Å². The van der Waals surface area contributed by atoms with Crippen molar-refractivity contribution in [2.75, 3.05) is 21.3 Å². The quantitative estimate of drug-likeness (QED) is 0.501. The number of fused-ring (bicyclic) bond motifs is 4. The molecular weight excluding hydrogens is 380 g/mol. The van der Waals surface area contributed by atoms with Crippen LogP contribution in [-0.2, 0) is 10.5 Å². The monoisotopic (exact) mass is 400 g/mol. The lowest BCUT2D eigenvalue weighted by Gasteiger charge is -2.37. The molecule has 0 aliphatic carbocycles. The van der Waals surface area contributed by atoms with Crippen molar-refractivity contribution < 1.29 is 18.9 Å². The SMILES string of the molecule is COc1ccc([C@]2(OC)Oc3cc(OC)ccc3-c3nc4ccccc4nc32)cc1. The molecule has 0 spiro atoms. The van der Waals surface area contributed by atoms with Crippen LogP contribution in [0, 0.1) is 0 Å². The standard InChI is InChI=1S/C24H20N2O4/c1-27-16-10-8-15(9-11-16)24(29-3)23-22(25-19-6-4-5-7-20(19)26-23)18-13-12-17(28-2)14-21(18)30-24/h4-14H,1-3H3/t24-/m0/s1. The number of ether oxygens (including phenoxy) is 4. The minimum absolute atomic E-state index is 0.603. The Kier molecular flexibility index (Phi) is 4.29. The Labute approximate surface area is 174 Å². The molecule has 0 unspecified atom stereocenters. The zero-order valence-corrected chi connectivity index (χ0v) is 16.9. The molecule has 5 rings (SSSR count). The van der Waals surface area contributed by atoms with E-state index in [4.69, 9.17) is 28.9 Å². The summed E-state index contributed by atoms with van der Waals surface area (Å²) in [6.07, 6.45) is 0. The highest BCUT2D eigenvalue weighted by atomic mass is 16.7. The molecule has 2 heterocycles. The Balaban J connectivity index is 1.82. The summed E-state index contributed by atoms with van der Waals surface area (Å²) in [7, 11) is 4.86. The minimum atomic E-state index is -1.27. The van der Waals surface area contributed by atoms with Crippen LogP contribution in [0.3, 0.4) is 0 Å². The molecule has 6 heteroatoms. The van der Waals surface area contributed by atoms with Gasteiger partial charge in [-0.05, 0) is 48.5 Å². The normalized spacial score (nSPS) is 17.0. The van der Waals surface area contributed by atoms with E-state index < -0.39 is 5.79 Å². The molecular formula is C24H20N2O4. The summed E-state index contributed by atoms with van der Waals surface area (Å²) >= 11 is 0. The van der Waals surface area contributed by atoms with Crippen LogP contribution in [-0.4, -0.2) is 31.3 Å². The van der Waals surface area contributed by atoms with Crippen molar-refractivity contribution in [3.63, 3.8) is 0 Å². The maximum Gasteiger partial charge on any atom is 0.283 e. The van der Waals surface area contributed by atoms with Crippen LogP contribution in [0.2, 0.25) is 0 Å². The van der Waals surface area contributed by atoms with Crippen molar-refractivity contribution in [2.24, 2.45) is 0 Å². The fourth-order valence-electron chi connectivity index (χ4n) is 3.79. The Morgan fingerprint density at radius 3 is 2.10 bits per heavy atom. The lowest BCUT2D eigenvalue weighted by Crippen LogP contribution is -2.40. The fraction of sp³-hybridized carbons (Fsp3) is 0.167. The van der Waals surface area contributed by atoms with E-state index in [0.29, 0.717) is 17.2 Å². The number of hydrogen-bond acceptors (Lipinski definition) is 6. The second kappa shape index (κ2) is 7.00. The highest BCUT2D eigenvalue weighted by molar-refractivity contribution is 5.82. The summed E-state index contributed by atoms with van der Waals surface area (Å²) in [6.45, 7) is 0. The third-order valence-corrected chi connectivity index (χ3v) is 5.34. The van der Waals surface area contributed by atoms with Crippen molar-refractivity contribution in [3.05, 3.63) is 78.0 Å². The van der Waals surface area contributed by atoms with Gasteiger partial charge in [-0.25, -0.2) is 9.97 Å². The van der Waals surface area contributed by atoms with Crippen molar-refractivity contribution in [1.82, 2.24) is 9.97 Å². The molecule has 0 saturated heterocycles. The number of para-hydroxylation sites is 2. The average Bonchev–Trinajstić information content (AvgIpc) is 2.82. The van der Waals surface area contributed by atoms with Crippen molar-refractivity contribution in [1.29, 1.82) is 0 Å². The Morgan fingerprint density at radius 1 is 0.767 bits per heavy atom. The number of benzene rings is 3. The van der Waals surface area contributed by atoms with Gasteiger partial charge in [0.15, 0.2) is 0 Å². The summed E-state index contributed by atoms with van der Waals surface area (Å²) in [5.74, 6) is 0.778. The zero-order valence-electron chi connectivity index (χ0n) is 16.9. The molecule has 0 fully saturated rings. The van der Waals surface area contributed by atoms with Gasteiger partial charge in [-0.3, -0.25) is 0 Å². The first-order valence-corrected chi connectivity index (χ1v) is 9.53. The first-order valence-electron chi connectivity index (χ1n) is 9.53. The van der Waals surface area contributed by atoms with E-state index in [1.54, 1.807) is 21.3 Å². The van der Waals surface area contributed by atoms with Crippen molar-refractivity contribution in [2.45, 2.75) is 5.79 Å². The second-order valence-corrected chi connectivity index (χ2v) is 6.92. The Bertz CT molecular complexity index is 1240. The van der Waals surface area contributed by atoms with Gasteiger partial charge in [0, 0.05) is 24.3 Å². The van der Waals surface area contributed by atoms with Gasteiger partial charge in [-0.15, -0.1) is 0 Å². The van der Waals surface area contributed by atoms with Crippen LogP contribution >= 0.6 is 0 Å². The molecule has 1 aliphatic heterocycles. The lowest BCUT2D eigenvalue weighted by molar-refractivity contribution is -0.143. The van der Waals surface area contributed by atoms with E-state index in [9.17, 15) is 0 Å². The summed E-state index contributed by atoms with van der Waals surface area (Å²) < 4.78 is 23.3. The predicted molar refractivity (Wildman–Crippen MR) is 113 cm³/mol. The van der Waals surface area contributed by atoms with Gasteiger partial charge >= 0.3 is 0 Å². The third-order valence-electron chi connectivity index (χ3n) is 5.34. The molecule has 3 aromatic carbocycles. The van der Waals surface area contributed by atoms with Gasteiger partial charge in [0.2, 0.25) is 0 Å². The summed E-state index contributed by atoms with van der Waals surface area (Å²) in [5, 5.41) is 0. The first kappa shape index (κ1) is 18.4. The third kappa shape index (κ3) is 2.69. The van der Waals surface area contributed by atoms with E-state index in [-0.39, 0.29) is 0 Å². The molecule has 30 heavy (non-hydrogen) atoms. The molecule has 1 aromatic heterocycles. The van der Waals surface area contributed by atoms with E-state index in [1.165, 1.54) is 0 Å². The summed E-state index contributed by atoms with van der Waals surface area (Å²) in [6, 6.07) is 21.0. The van der Waals surface area contributed by atoms with E-state index >= 15 is 0 Å². The van der Waals surface area contributed by atoms with Gasteiger partial charge in [0.25, 0.3) is 5.79 Å². The van der Waals surface area contributed by atoms with Crippen molar-refractivity contribution in [3.8, 4) is 28.5 Å². The van der Waals surface area contributed by atoms with Crippen LogP contribution in [0.1, 0.15) is 11.3 Å². The highest BCUT2D eigenvalue weighted by Crippen LogP contribution is 2.48. The van der Waals surface area contributed by atoms with Crippen LogP contribution in [0.5, 0.6) is 17.2 Å². The molecule has 1 atom stereocenters. The number of aromatic nitrogens is 2. The zero-order chi connectivity index (χ0) is 20.7. The van der Waals surface area contributed by atoms with Gasteiger partial charge in [-0.2, -0.15) is 0 Å². The Morgan fingerprint density at radius 2 is 1.43 bits per heavy atom. The van der Waals surface area contributed by atoms with Crippen LogP contribution in [0.25, 0.3) is 22.3 Å². The molecule has 1 aliphatic rings. The summed E-state index contributed by atoms with van der Waals surface area (Å²) in [4.78, 5) is 9.85. The lowest BCUT2D eigenvalue weighted by atomic mass is 9.93. The molecule has 0 radical (unpaired) electrons. The molecule has 4 aromatic rings. The predicted octanol–water partition coefficient (Wildman–Crippen LogP) is 4.55. The number of rotatable bonds is 4. The molecule has 0 amide bonds. The first-order chi connectivity index (χ1) is 14.7. The maximum absolute atomic E-state index is 6.50. The molecule has 6 nitrogen and oxygen atoms in total. The number of hydrogen-bond donors (Lipinski definition) is 0. The van der Waals surface area contributed by atoms with Crippen LogP contribution in [0.4, 0.5) is 0 Å². The van der Waals surface area contributed by atoms with Crippen molar-refractivity contribution >= 4 is 11.0 Å². The van der Waals surface area contributed by atoms with E-state index in [0.717, 1.165) is 33.6 Å². The van der Waals surface area contributed by atoms with Crippen LogP contribution < -0.4 is 14.2 Å². The molecule has 0 N–H and O–H groups in total. The average molecular weight is 400 g/mol. The molecule has 0 bridgehead atoms. The van der Waals surface area contributed by atoms with E-state index in [1.807, 2.05) is 66.7 Å². The van der Waals surface area contributed by atoms with Crippen LogP contribution in [0.15, 0.2) is 66.7 Å². The highest BCUT2D eigenvalue weighted by Gasteiger charge is 2.46. The summed E-state index contributed by atoms with van der Waals surface area (Å²) in [5.41, 5.74) is 4.52. The smallest absolute Gasteiger partial charge is 0.283 e. The Hall–Kier alpha value is -3.64. The minimum Gasteiger partial charge on any atom is -0.497 e. The second-order valence-electron chi connectivity index (χ2n) is 6.92. The largest absolute Gasteiger partial charge is 0.497 e. The maximum atomic E-state index is 6.50. The number of methoxy groups -OCH3 is 3. The van der Waals surface area contributed by atoms with Gasteiger partial charge in [0.1, 0.15) is 28.6 Å². The molecule has 150 valence electrons. The van der Waals surface area contributed by atoms with E-state index in [2.05, 4.69) is 0 Å². The van der Waals surface area contributed by atoms with Gasteiger partial charge < -0.3 is 18.9 Å². The topological polar surface area (TPSA) is 62.7 Å². The van der Waals surface area contributed by atoms with Gasteiger partial charge in [-0.1, -0.05) is 12.1 Å². The fourth-order valence-corrected chi connectivity index (χ4v) is 3.79.